The molecule has 0 saturated carbocycles. The summed E-state index contributed by atoms with van der Waals surface area (Å²) >= 11 is 8.00. The number of H-pyrrole nitrogens is 2. The van der Waals surface area contributed by atoms with E-state index >= 15 is 0 Å². The molecule has 0 radical (unpaired) electrons. The van der Waals surface area contributed by atoms with Gasteiger partial charge in [-0.2, -0.15) is 4.98 Å². The molecule has 8 N–H and O–H groups in total. The van der Waals surface area contributed by atoms with Gasteiger partial charge in [-0.1, -0.05) is 24.5 Å². The van der Waals surface area contributed by atoms with Gasteiger partial charge in [-0.05, 0) is 0 Å². The van der Waals surface area contributed by atoms with Crippen LogP contribution in [0.25, 0.3) is 22.3 Å². The Morgan fingerprint density at radius 1 is 0.933 bits per heavy atom. The summed E-state index contributed by atoms with van der Waals surface area (Å²) in [5, 5.41) is 22.3. The number of nitrogens with zero attached hydrogens (tertiary/aromatic N) is 6. The third-order valence-corrected chi connectivity index (χ3v) is 10.3. The Morgan fingerprint density at radius 3 is 2.47 bits per heavy atom. The summed E-state index contributed by atoms with van der Waals surface area (Å²) < 4.78 is 62.6. The number of aliphatic hydroxyl groups excluding tert-OH is 2. The molecule has 4 aromatic heterocycles. The maximum absolute atomic E-state index is 13.5. The topological polar surface area (TPSA) is 309 Å². The van der Waals surface area contributed by atoms with E-state index in [1.165, 1.54) is 0 Å². The first-order valence-corrected chi connectivity index (χ1v) is 18.1. The predicted octanol–water partition coefficient (Wildman–Crippen LogP) is -1.22. The third kappa shape index (κ3) is 5.29. The first-order chi connectivity index (χ1) is 21.2. The second-order valence-electron chi connectivity index (χ2n) is 9.95. The molecule has 0 spiro atoms. The van der Waals surface area contributed by atoms with E-state index in [1.807, 2.05) is 0 Å². The van der Waals surface area contributed by atoms with Gasteiger partial charge in [0.15, 0.2) is 41.4 Å². The minimum absolute atomic E-state index is 0.0339. The molecule has 7 heterocycles. The lowest BCUT2D eigenvalue weighted by atomic mass is 10.1. The summed E-state index contributed by atoms with van der Waals surface area (Å²) in [7, 11) is 0. The molecular weight excluding hydrogens is 686 g/mol. The van der Waals surface area contributed by atoms with Crippen LogP contribution in [0.5, 0.6) is 0 Å². The minimum Gasteiger partial charge on any atom is -0.386 e. The Kier molecular flexibility index (Phi) is 7.42. The van der Waals surface area contributed by atoms with E-state index in [-0.39, 0.29) is 34.1 Å². The molecule has 10 atom stereocenters. The monoisotopic (exact) mass is 708 g/mol. The summed E-state index contributed by atoms with van der Waals surface area (Å²) in [5.74, 6) is -0.327. The molecule has 22 nitrogen and oxygen atoms in total. The smallest absolute Gasteiger partial charge is 0.386 e. The molecule has 0 aromatic carbocycles. The zero-order valence-corrected chi connectivity index (χ0v) is 25.7. The molecule has 26 heteroatoms. The van der Waals surface area contributed by atoms with Crippen molar-refractivity contribution in [2.24, 2.45) is 0 Å². The number of fused-ring (bicyclic) bond motifs is 5. The van der Waals surface area contributed by atoms with Crippen LogP contribution in [0, 0.1) is 0 Å². The number of aromatic amines is 2. The summed E-state index contributed by atoms with van der Waals surface area (Å²) in [6.07, 6.45) is -10.9. The molecule has 3 aliphatic heterocycles. The van der Waals surface area contributed by atoms with Gasteiger partial charge in [0.05, 0.1) is 12.9 Å². The highest BCUT2D eigenvalue weighted by atomic mass is 32.7. The Morgan fingerprint density at radius 2 is 1.69 bits per heavy atom. The molecule has 242 valence electrons. The van der Waals surface area contributed by atoms with Crippen LogP contribution in [0.4, 0.5) is 11.8 Å². The molecule has 4 aromatic rings. The summed E-state index contributed by atoms with van der Waals surface area (Å²) in [6.45, 7) is -9.71. The standard InChI is InChI=1S/C19H22N10O12P2S2/c20-11-5-12(23-2-22-11)29(19(33)25-5)15-7(30)9-4(37-15)1-36-42(34,44)40-10-8(31)17(41-43(35,45)39-9)38-16(10)28-3-24-6-13(28)26-18(21)27-14(6)32/h2-4,7-10,15-17,30-31H,1H2,(H,25,33)(H,34,44)(H,35,45)(H2,20,22,23)(H3,21,26,27,32)/t4-,7-,8+,9-,10-,15-,16-,17-,42?,43?/m1/s1. The van der Waals surface area contributed by atoms with Gasteiger partial charge >= 0.3 is 19.3 Å². The fourth-order valence-corrected chi connectivity index (χ4v) is 8.34. The number of aromatic nitrogens is 8. The fourth-order valence-electron chi connectivity index (χ4n) is 5.22. The van der Waals surface area contributed by atoms with Crippen LogP contribution in [0.3, 0.4) is 0 Å². The number of nitrogens with two attached hydrogens (primary N) is 2. The number of anilines is 2. The minimum atomic E-state index is -4.59. The highest BCUT2D eigenvalue weighted by Crippen LogP contribution is 2.62. The van der Waals surface area contributed by atoms with E-state index in [2.05, 4.69) is 54.4 Å². The van der Waals surface area contributed by atoms with Gasteiger partial charge in [-0.15, -0.1) is 0 Å². The van der Waals surface area contributed by atoms with E-state index in [0.717, 1.165) is 21.8 Å². The molecule has 3 saturated heterocycles. The van der Waals surface area contributed by atoms with Crippen LogP contribution in [0.1, 0.15) is 12.5 Å². The van der Waals surface area contributed by atoms with Gasteiger partial charge in [-0.3, -0.25) is 32.4 Å². The number of hydrogen-bond acceptors (Lipinski definition) is 18. The molecule has 0 amide bonds. The Labute approximate surface area is 258 Å². The van der Waals surface area contributed by atoms with Gasteiger partial charge in [0, 0.05) is 0 Å². The van der Waals surface area contributed by atoms with Crippen molar-refractivity contribution in [2.45, 2.75) is 49.3 Å². The fraction of sp³-hybridized carbons (Fsp3) is 0.474. The quantitative estimate of drug-likeness (QED) is 0.0894. The van der Waals surface area contributed by atoms with Crippen molar-refractivity contribution in [3.05, 3.63) is 33.5 Å². The first-order valence-electron chi connectivity index (χ1n) is 12.7. The number of ether oxygens (including phenoxy) is 2. The maximum atomic E-state index is 13.5. The van der Waals surface area contributed by atoms with Crippen molar-refractivity contribution in [1.29, 1.82) is 0 Å². The Hall–Kier alpha value is -2.86. The second kappa shape index (κ2) is 10.9. The molecule has 2 bridgehead atoms. The SMILES string of the molecule is Nc1nc2c(ncn2[C@@H]2O[C@@H]3OP(=O)(S)O[C@H]4[C@@H](O)[C@H](n5c(=O)[nH]c6c(N)ncnc65)O[C@@H]4COP(=O)(S)O[C@@H]2[C@@H]3O)c(=O)[nH]1. The maximum Gasteiger partial charge on any atom is 0.388 e. The van der Waals surface area contributed by atoms with E-state index in [9.17, 15) is 28.9 Å². The lowest BCUT2D eigenvalue weighted by molar-refractivity contribution is -0.130. The van der Waals surface area contributed by atoms with Crippen LogP contribution in [0.2, 0.25) is 0 Å². The molecule has 2 unspecified atom stereocenters. The summed E-state index contributed by atoms with van der Waals surface area (Å²) in [4.78, 5) is 45.7. The van der Waals surface area contributed by atoms with E-state index in [4.69, 9.17) is 39.0 Å². The van der Waals surface area contributed by atoms with E-state index < -0.39 is 80.7 Å². The largest absolute Gasteiger partial charge is 0.388 e. The van der Waals surface area contributed by atoms with Gasteiger partial charge < -0.3 is 36.1 Å². The van der Waals surface area contributed by atoms with Gasteiger partial charge in [0.2, 0.25) is 5.95 Å². The summed E-state index contributed by atoms with van der Waals surface area (Å²) in [5.41, 5.74) is 9.77. The number of aliphatic hydroxyl groups is 2. The lowest BCUT2D eigenvalue weighted by Gasteiger charge is -2.28. The van der Waals surface area contributed by atoms with Crippen molar-refractivity contribution in [3.8, 4) is 0 Å². The van der Waals surface area contributed by atoms with Gasteiger partial charge in [0.25, 0.3) is 5.56 Å². The highest BCUT2D eigenvalue weighted by Gasteiger charge is 2.55. The molecule has 45 heavy (non-hydrogen) atoms. The van der Waals surface area contributed by atoms with Gasteiger partial charge in [-0.25, -0.2) is 33.4 Å². The van der Waals surface area contributed by atoms with Crippen LogP contribution in [0.15, 0.2) is 22.2 Å². The van der Waals surface area contributed by atoms with Crippen molar-refractivity contribution in [3.63, 3.8) is 0 Å². The number of hydrogen-bond donors (Lipinski definition) is 8. The van der Waals surface area contributed by atoms with Crippen LogP contribution in [-0.4, -0.2) is 92.7 Å². The number of rotatable bonds is 2. The van der Waals surface area contributed by atoms with E-state index in [1.54, 1.807) is 0 Å². The number of nitrogens with one attached hydrogen (secondary N) is 2. The van der Waals surface area contributed by atoms with Crippen LogP contribution >= 0.6 is 38.1 Å². The average molecular weight is 709 g/mol. The normalized spacial score (nSPS) is 37.4. The predicted molar refractivity (Wildman–Crippen MR) is 155 cm³/mol. The molecule has 3 aliphatic rings. The van der Waals surface area contributed by atoms with Crippen molar-refractivity contribution >= 4 is 72.2 Å². The van der Waals surface area contributed by atoms with Crippen molar-refractivity contribution in [2.75, 3.05) is 18.1 Å². The zero-order valence-electron chi connectivity index (χ0n) is 22.1. The lowest BCUT2D eigenvalue weighted by Crippen LogP contribution is -2.38. The molecule has 0 aliphatic carbocycles. The average Bonchev–Trinajstić information content (AvgIpc) is 3.68. The Bertz CT molecular complexity index is 2040. The van der Waals surface area contributed by atoms with Crippen LogP contribution < -0.4 is 22.7 Å². The number of thiol groups is 2. The zero-order chi connectivity index (χ0) is 32.0. The summed E-state index contributed by atoms with van der Waals surface area (Å²) in [6, 6.07) is 0. The van der Waals surface area contributed by atoms with Crippen LogP contribution in [-0.2, 0) is 36.7 Å². The Balaban J connectivity index is 1.23. The number of imidazole rings is 2. The first kappa shape index (κ1) is 30.8. The molecule has 7 rings (SSSR count). The molecular formula is C19H22N10O12P2S2. The molecule has 3 fully saturated rings. The third-order valence-electron chi connectivity index (χ3n) is 7.14. The highest BCUT2D eigenvalue weighted by molar-refractivity contribution is 8.44. The number of nitrogen functional groups attached to an aromatic ring is 2. The second-order valence-corrected chi connectivity index (χ2v) is 15.7. The van der Waals surface area contributed by atoms with Crippen molar-refractivity contribution < 1.29 is 46.9 Å². The van der Waals surface area contributed by atoms with Gasteiger partial charge in [0.1, 0.15) is 42.4 Å². The van der Waals surface area contributed by atoms with Crippen molar-refractivity contribution in [1.82, 2.24) is 39.0 Å². The van der Waals surface area contributed by atoms with E-state index in [0.29, 0.717) is 0 Å².